The summed E-state index contributed by atoms with van der Waals surface area (Å²) < 4.78 is 0. The van der Waals surface area contributed by atoms with Crippen molar-refractivity contribution >= 4 is 5.97 Å². The molecule has 0 rings (SSSR count). The van der Waals surface area contributed by atoms with Crippen molar-refractivity contribution in [1.29, 1.82) is 0 Å². The van der Waals surface area contributed by atoms with Gasteiger partial charge in [0.1, 0.15) is 0 Å². The van der Waals surface area contributed by atoms with E-state index in [1.54, 1.807) is 20.8 Å². The number of hydrogen-bond donors (Lipinski definition) is 1. The predicted molar refractivity (Wildman–Crippen MR) is 32.4 cm³/mol. The van der Waals surface area contributed by atoms with Crippen LogP contribution in [0, 0.1) is 5.41 Å². The van der Waals surface area contributed by atoms with Gasteiger partial charge in [-0.3, -0.25) is 0 Å². The lowest BCUT2D eigenvalue weighted by molar-refractivity contribution is -0.309. The average molecular weight is 130 g/mol. The molecule has 0 saturated carbocycles. The third-order valence-electron chi connectivity index (χ3n) is 1.19. The fourth-order valence-electron chi connectivity index (χ4n) is 0.354. The highest BCUT2D eigenvalue weighted by Gasteiger charge is 2.20. The molecule has 0 aliphatic carbocycles. The molecule has 1 atom stereocenters. The zero-order valence-electron chi connectivity index (χ0n) is 5.97. The largest absolute Gasteiger partial charge is 0.548 e. The minimum absolute atomic E-state index is 0.404. The fourth-order valence-corrected chi connectivity index (χ4v) is 0.354. The monoisotopic (exact) mass is 130 g/mol. The van der Waals surface area contributed by atoms with Crippen LogP contribution in [0.5, 0.6) is 0 Å². The molecule has 0 aromatic heterocycles. The molecular weight excluding hydrogens is 118 g/mol. The molecule has 0 saturated heterocycles. The average Bonchev–Trinajstić information content (AvgIpc) is 1.62. The van der Waals surface area contributed by atoms with Crippen molar-refractivity contribution in [3.8, 4) is 0 Å². The van der Waals surface area contributed by atoms with Crippen LogP contribution in [0.3, 0.4) is 0 Å². The Hall–Kier alpha value is -0.570. The van der Waals surface area contributed by atoms with E-state index in [9.17, 15) is 9.90 Å². The molecule has 0 aliphatic rings. The maximum atomic E-state index is 10.1. The summed E-state index contributed by atoms with van der Waals surface area (Å²) in [4.78, 5) is 10.1. The van der Waals surface area contributed by atoms with Gasteiger partial charge in [-0.15, -0.1) is 0 Å². The van der Waals surface area contributed by atoms with Crippen LogP contribution in [0.1, 0.15) is 20.8 Å². The van der Waals surface area contributed by atoms with Crippen molar-refractivity contribution in [3.63, 3.8) is 0 Å². The maximum absolute atomic E-state index is 10.1. The van der Waals surface area contributed by atoms with E-state index < -0.39 is 17.4 Å². The van der Waals surface area contributed by atoms with E-state index in [2.05, 4.69) is 0 Å². The van der Waals surface area contributed by atoms with Crippen molar-refractivity contribution in [2.24, 2.45) is 11.1 Å². The number of aliphatic carboxylic acids is 1. The van der Waals surface area contributed by atoms with E-state index in [4.69, 9.17) is 5.73 Å². The zero-order chi connectivity index (χ0) is 7.65. The zero-order valence-corrected chi connectivity index (χ0v) is 5.97. The summed E-state index contributed by atoms with van der Waals surface area (Å²) in [5.41, 5.74) is 4.83. The topological polar surface area (TPSA) is 66.2 Å². The second-order valence-corrected chi connectivity index (χ2v) is 3.16. The molecule has 3 nitrogen and oxygen atoms in total. The Bertz CT molecular complexity index is 115. The first kappa shape index (κ1) is 8.43. The van der Waals surface area contributed by atoms with Crippen molar-refractivity contribution in [2.75, 3.05) is 0 Å². The number of carbonyl (C=O) groups is 1. The van der Waals surface area contributed by atoms with E-state index in [-0.39, 0.29) is 0 Å². The molecular formula is C6H12NO2-. The van der Waals surface area contributed by atoms with Gasteiger partial charge in [0, 0.05) is 6.04 Å². The Balaban J connectivity index is 4.04. The molecule has 9 heavy (non-hydrogen) atoms. The lowest BCUT2D eigenvalue weighted by Crippen LogP contribution is -2.49. The van der Waals surface area contributed by atoms with Crippen LogP contribution in [0.25, 0.3) is 0 Å². The van der Waals surface area contributed by atoms with Crippen LogP contribution in [0.4, 0.5) is 0 Å². The minimum atomic E-state index is -1.19. The van der Waals surface area contributed by atoms with Crippen LogP contribution in [0.2, 0.25) is 0 Å². The first-order valence-electron chi connectivity index (χ1n) is 2.82. The van der Waals surface area contributed by atoms with E-state index in [0.29, 0.717) is 0 Å². The molecule has 0 fully saturated rings. The highest BCUT2D eigenvalue weighted by atomic mass is 16.4. The standard InChI is InChI=1S/C6H13NO2/c1-6(2,3)4(7)5(8)9/h4H,7H2,1-3H3,(H,8,9)/p-1. The molecule has 0 amide bonds. The molecule has 0 heterocycles. The van der Waals surface area contributed by atoms with E-state index in [1.807, 2.05) is 0 Å². The van der Waals surface area contributed by atoms with Gasteiger partial charge < -0.3 is 15.6 Å². The van der Waals surface area contributed by atoms with Crippen LogP contribution in [-0.4, -0.2) is 12.0 Å². The third-order valence-corrected chi connectivity index (χ3v) is 1.19. The summed E-state index contributed by atoms with van der Waals surface area (Å²) in [7, 11) is 0. The minimum Gasteiger partial charge on any atom is -0.548 e. The normalized spacial score (nSPS) is 15.1. The maximum Gasteiger partial charge on any atom is 0.0587 e. The first-order chi connectivity index (χ1) is 3.85. The number of hydrogen-bond acceptors (Lipinski definition) is 3. The Morgan fingerprint density at radius 2 is 1.89 bits per heavy atom. The van der Waals surface area contributed by atoms with Crippen molar-refractivity contribution in [2.45, 2.75) is 26.8 Å². The van der Waals surface area contributed by atoms with Gasteiger partial charge in [0.25, 0.3) is 0 Å². The second-order valence-electron chi connectivity index (χ2n) is 3.16. The molecule has 1 unspecified atom stereocenters. The highest BCUT2D eigenvalue weighted by molar-refractivity contribution is 5.71. The number of carboxylic acids is 1. The molecule has 0 aromatic carbocycles. The molecule has 0 bridgehead atoms. The molecule has 0 radical (unpaired) electrons. The Morgan fingerprint density at radius 3 is 1.89 bits per heavy atom. The first-order valence-corrected chi connectivity index (χ1v) is 2.82. The van der Waals surface area contributed by atoms with Crippen LogP contribution in [-0.2, 0) is 4.79 Å². The highest BCUT2D eigenvalue weighted by Crippen LogP contribution is 2.15. The van der Waals surface area contributed by atoms with Gasteiger partial charge in [0.05, 0.1) is 5.97 Å². The SMILES string of the molecule is CC(C)(C)C(N)C(=O)[O-]. The van der Waals surface area contributed by atoms with Crippen LogP contribution in [0.15, 0.2) is 0 Å². The summed E-state index contributed by atoms with van der Waals surface area (Å²) in [6, 6.07) is -0.877. The van der Waals surface area contributed by atoms with Gasteiger partial charge in [-0.2, -0.15) is 0 Å². The number of carbonyl (C=O) groups excluding carboxylic acids is 1. The molecule has 2 N–H and O–H groups in total. The lowest BCUT2D eigenvalue weighted by atomic mass is 9.88. The number of rotatable bonds is 1. The molecule has 0 aliphatic heterocycles. The molecule has 0 aromatic rings. The predicted octanol–water partition coefficient (Wildman–Crippen LogP) is -0.890. The summed E-state index contributed by atoms with van der Waals surface area (Å²) >= 11 is 0. The quantitative estimate of drug-likeness (QED) is 0.500. The van der Waals surface area contributed by atoms with Crippen LogP contribution < -0.4 is 10.8 Å². The second kappa shape index (κ2) is 2.35. The summed E-state index contributed by atoms with van der Waals surface area (Å²) in [6.45, 7) is 5.27. The van der Waals surface area contributed by atoms with Gasteiger partial charge >= 0.3 is 0 Å². The Labute approximate surface area is 54.9 Å². The number of carboxylic acid groups (broad SMARTS) is 1. The van der Waals surface area contributed by atoms with Gasteiger partial charge in [0.2, 0.25) is 0 Å². The Kier molecular flexibility index (Phi) is 2.20. The third kappa shape index (κ3) is 2.46. The van der Waals surface area contributed by atoms with Gasteiger partial charge in [-0.05, 0) is 5.41 Å². The van der Waals surface area contributed by atoms with E-state index in [1.165, 1.54) is 0 Å². The van der Waals surface area contributed by atoms with Crippen molar-refractivity contribution < 1.29 is 9.90 Å². The van der Waals surface area contributed by atoms with E-state index >= 15 is 0 Å². The van der Waals surface area contributed by atoms with Crippen LogP contribution >= 0.6 is 0 Å². The smallest absolute Gasteiger partial charge is 0.0587 e. The van der Waals surface area contributed by atoms with Gasteiger partial charge in [0.15, 0.2) is 0 Å². The van der Waals surface area contributed by atoms with Crippen molar-refractivity contribution in [3.05, 3.63) is 0 Å². The number of nitrogens with two attached hydrogens (primary N) is 1. The van der Waals surface area contributed by atoms with Gasteiger partial charge in [-0.1, -0.05) is 20.8 Å². The fraction of sp³-hybridized carbons (Fsp3) is 0.833. The van der Waals surface area contributed by atoms with Gasteiger partial charge in [-0.25, -0.2) is 0 Å². The molecule has 3 heteroatoms. The van der Waals surface area contributed by atoms with Crippen molar-refractivity contribution in [1.82, 2.24) is 0 Å². The summed E-state index contributed by atoms with van der Waals surface area (Å²) in [5.74, 6) is -1.19. The summed E-state index contributed by atoms with van der Waals surface area (Å²) in [5, 5.41) is 10.1. The Morgan fingerprint density at radius 1 is 1.56 bits per heavy atom. The summed E-state index contributed by atoms with van der Waals surface area (Å²) in [6.07, 6.45) is 0. The van der Waals surface area contributed by atoms with E-state index in [0.717, 1.165) is 0 Å². The lowest BCUT2D eigenvalue weighted by Gasteiger charge is -2.27. The molecule has 54 valence electrons. The molecule has 0 spiro atoms.